The van der Waals surface area contributed by atoms with Crippen molar-refractivity contribution in [2.75, 3.05) is 50.6 Å². The van der Waals surface area contributed by atoms with Gasteiger partial charge in [0.2, 0.25) is 5.95 Å². The number of anilines is 3. The number of esters is 1. The molecule has 0 unspecified atom stereocenters. The van der Waals surface area contributed by atoms with E-state index in [4.69, 9.17) is 0 Å². The number of nitrogens with zero attached hydrogens (tertiary/aromatic N) is 4. The topological polar surface area (TPSA) is 70.6 Å². The lowest BCUT2D eigenvalue weighted by Gasteiger charge is -2.34. The largest absolute Gasteiger partial charge is 0.465 e. The van der Waals surface area contributed by atoms with E-state index in [2.05, 4.69) is 42.9 Å². The zero-order valence-electron chi connectivity index (χ0n) is 19.6. The van der Waals surface area contributed by atoms with Crippen LogP contribution in [-0.2, 0) is 17.3 Å². The number of benzene rings is 1. The summed E-state index contributed by atoms with van der Waals surface area (Å²) in [5.41, 5.74) is 1.77. The molecule has 1 aliphatic rings. The van der Waals surface area contributed by atoms with Crippen molar-refractivity contribution in [1.82, 2.24) is 14.9 Å². The van der Waals surface area contributed by atoms with Crippen LogP contribution in [0, 0.1) is 0 Å². The van der Waals surface area contributed by atoms with Crippen molar-refractivity contribution in [1.29, 1.82) is 0 Å². The van der Waals surface area contributed by atoms with Crippen molar-refractivity contribution in [2.24, 2.45) is 0 Å². The molecule has 186 valence electrons. The van der Waals surface area contributed by atoms with Crippen LogP contribution in [-0.4, -0.2) is 61.2 Å². The third kappa shape index (κ3) is 5.57. The predicted octanol–water partition coefficient (Wildman–Crippen LogP) is 5.07. The highest BCUT2D eigenvalue weighted by molar-refractivity contribution is 7.13. The lowest BCUT2D eigenvalue weighted by atomic mass is 10.1. The Morgan fingerprint density at radius 2 is 1.94 bits per heavy atom. The van der Waals surface area contributed by atoms with Crippen LogP contribution in [0.4, 0.5) is 30.5 Å². The highest BCUT2D eigenvalue weighted by atomic mass is 32.1. The molecule has 11 heteroatoms. The maximum absolute atomic E-state index is 13.7. The summed E-state index contributed by atoms with van der Waals surface area (Å²) >= 11 is 0.989. The van der Waals surface area contributed by atoms with Gasteiger partial charge in [-0.25, -0.2) is 14.8 Å². The third-order valence-electron chi connectivity index (χ3n) is 5.93. The molecule has 0 amide bonds. The Morgan fingerprint density at radius 3 is 2.60 bits per heavy atom. The number of likely N-dealkylation sites (N-methyl/N-ethyl adjacent to an activating group) is 1. The molecule has 0 spiro atoms. The molecule has 0 saturated carbocycles. The van der Waals surface area contributed by atoms with E-state index in [0.29, 0.717) is 0 Å². The van der Waals surface area contributed by atoms with Crippen molar-refractivity contribution in [3.63, 3.8) is 0 Å². The Balaban J connectivity index is 1.65. The minimum absolute atomic E-state index is 0.0445. The van der Waals surface area contributed by atoms with Crippen LogP contribution in [0.25, 0.3) is 10.6 Å². The normalized spacial score (nSPS) is 14.7. The number of alkyl halides is 3. The van der Waals surface area contributed by atoms with Crippen molar-refractivity contribution in [2.45, 2.75) is 19.5 Å². The number of hydrogen-bond donors (Lipinski definition) is 1. The Labute approximate surface area is 205 Å². The number of hydrogen-bond acceptors (Lipinski definition) is 8. The van der Waals surface area contributed by atoms with Gasteiger partial charge in [0.25, 0.3) is 0 Å². The number of carbonyl (C=O) groups is 1. The molecule has 1 fully saturated rings. The molecule has 4 rings (SSSR count). The molecule has 2 aromatic heterocycles. The second-order valence-electron chi connectivity index (χ2n) is 8.26. The maximum atomic E-state index is 13.7. The minimum Gasteiger partial charge on any atom is -0.465 e. The molecule has 0 radical (unpaired) electrons. The van der Waals surface area contributed by atoms with Gasteiger partial charge in [-0.2, -0.15) is 13.2 Å². The van der Waals surface area contributed by atoms with E-state index < -0.39 is 17.7 Å². The third-order valence-corrected chi connectivity index (χ3v) is 6.87. The first-order chi connectivity index (χ1) is 16.7. The molecule has 7 nitrogen and oxygen atoms in total. The van der Waals surface area contributed by atoms with Crippen LogP contribution in [0.2, 0.25) is 0 Å². The number of methoxy groups -OCH3 is 1. The summed E-state index contributed by atoms with van der Waals surface area (Å²) in [4.78, 5) is 24.7. The van der Waals surface area contributed by atoms with E-state index >= 15 is 0 Å². The smallest absolute Gasteiger partial charge is 0.420 e. The molecule has 3 heterocycles. The van der Waals surface area contributed by atoms with Crippen LogP contribution in [0.1, 0.15) is 28.4 Å². The number of aromatic nitrogens is 2. The predicted molar refractivity (Wildman–Crippen MR) is 130 cm³/mol. The van der Waals surface area contributed by atoms with Crippen LogP contribution in [0.15, 0.2) is 35.8 Å². The molecule has 35 heavy (non-hydrogen) atoms. The Bertz CT molecular complexity index is 1210. The number of piperazine rings is 1. The van der Waals surface area contributed by atoms with Gasteiger partial charge in [0.1, 0.15) is 5.56 Å². The van der Waals surface area contributed by atoms with Crippen molar-refractivity contribution in [3.8, 4) is 10.6 Å². The lowest BCUT2D eigenvalue weighted by molar-refractivity contribution is -0.137. The zero-order chi connectivity index (χ0) is 25.2. The monoisotopic (exact) mass is 505 g/mol. The fourth-order valence-corrected chi connectivity index (χ4v) is 4.78. The van der Waals surface area contributed by atoms with Crippen molar-refractivity contribution >= 4 is 34.6 Å². The molecule has 0 bridgehead atoms. The molecule has 0 atom stereocenters. The molecular weight excluding hydrogens is 479 g/mol. The zero-order valence-corrected chi connectivity index (χ0v) is 20.5. The standard InChI is InChI=1S/C24H26F3N5O2S/c1-4-15-11-17(32-9-7-31(2)8-10-32)5-6-19(15)29-23-28-13-18(24(25,26)27)21(30-23)20-12-16(14-35-20)22(33)34-3/h5-6,11-14H,4,7-10H2,1-3H3,(H,28,29,30). The summed E-state index contributed by atoms with van der Waals surface area (Å²) < 4.78 is 45.7. The highest BCUT2D eigenvalue weighted by Crippen LogP contribution is 2.39. The molecule has 3 aromatic rings. The highest BCUT2D eigenvalue weighted by Gasteiger charge is 2.36. The molecule has 1 saturated heterocycles. The average molecular weight is 506 g/mol. The van der Waals surface area contributed by atoms with Gasteiger partial charge in [0, 0.05) is 49.1 Å². The van der Waals surface area contributed by atoms with E-state index in [0.717, 1.165) is 67.1 Å². The Morgan fingerprint density at radius 1 is 1.20 bits per heavy atom. The molecule has 1 N–H and O–H groups in total. The number of halogens is 3. The van der Waals surface area contributed by atoms with Crippen LogP contribution in [0.5, 0.6) is 0 Å². The fraction of sp³-hybridized carbons (Fsp3) is 0.375. The first-order valence-corrected chi connectivity index (χ1v) is 12.0. The van der Waals surface area contributed by atoms with Gasteiger partial charge >= 0.3 is 12.1 Å². The summed E-state index contributed by atoms with van der Waals surface area (Å²) in [5, 5.41) is 4.53. The van der Waals surface area contributed by atoms with Crippen LogP contribution >= 0.6 is 11.3 Å². The quantitative estimate of drug-likeness (QED) is 0.469. The van der Waals surface area contributed by atoms with Gasteiger partial charge in [-0.1, -0.05) is 6.92 Å². The lowest BCUT2D eigenvalue weighted by Crippen LogP contribution is -2.44. The van der Waals surface area contributed by atoms with Crippen molar-refractivity contribution < 1.29 is 22.7 Å². The first-order valence-electron chi connectivity index (χ1n) is 11.1. The van der Waals surface area contributed by atoms with Gasteiger partial charge in [-0.05, 0) is 43.3 Å². The number of thiophene rings is 1. The van der Waals surface area contributed by atoms with E-state index in [1.165, 1.54) is 18.6 Å². The summed E-state index contributed by atoms with van der Waals surface area (Å²) in [7, 11) is 3.32. The average Bonchev–Trinajstić information content (AvgIpc) is 3.34. The first kappa shape index (κ1) is 24.9. The van der Waals surface area contributed by atoms with Crippen LogP contribution in [0.3, 0.4) is 0 Å². The second-order valence-corrected chi connectivity index (χ2v) is 9.17. The molecule has 0 aliphatic carbocycles. The van der Waals surface area contributed by atoms with E-state index in [-0.39, 0.29) is 22.1 Å². The Kier molecular flexibility index (Phi) is 7.27. The van der Waals surface area contributed by atoms with E-state index in [1.807, 2.05) is 19.1 Å². The summed E-state index contributed by atoms with van der Waals surface area (Å²) in [6, 6.07) is 7.36. The second kappa shape index (κ2) is 10.2. The summed E-state index contributed by atoms with van der Waals surface area (Å²) in [5.74, 6) is -0.579. The van der Waals surface area contributed by atoms with Crippen molar-refractivity contribution in [3.05, 3.63) is 52.5 Å². The number of rotatable bonds is 6. The summed E-state index contributed by atoms with van der Waals surface area (Å²) in [6.45, 7) is 5.87. The van der Waals surface area contributed by atoms with Gasteiger partial charge < -0.3 is 19.9 Å². The minimum atomic E-state index is -4.65. The van der Waals surface area contributed by atoms with E-state index in [9.17, 15) is 18.0 Å². The maximum Gasteiger partial charge on any atom is 0.420 e. The molecular formula is C24H26F3N5O2S. The summed E-state index contributed by atoms with van der Waals surface area (Å²) in [6.07, 6.45) is -3.15. The van der Waals surface area contributed by atoms with Gasteiger partial charge in [0.15, 0.2) is 0 Å². The van der Waals surface area contributed by atoms with Crippen LogP contribution < -0.4 is 10.2 Å². The molecule has 1 aromatic carbocycles. The molecule has 1 aliphatic heterocycles. The Hall–Kier alpha value is -3.18. The fourth-order valence-electron chi connectivity index (χ4n) is 3.90. The number of aryl methyl sites for hydroxylation is 1. The number of ether oxygens (including phenoxy) is 1. The number of carbonyl (C=O) groups excluding carboxylic acids is 1. The van der Waals surface area contributed by atoms with Gasteiger partial charge in [-0.15, -0.1) is 11.3 Å². The number of nitrogens with one attached hydrogen (secondary N) is 1. The van der Waals surface area contributed by atoms with Gasteiger partial charge in [0.05, 0.1) is 23.2 Å². The SMILES string of the molecule is CCc1cc(N2CCN(C)CC2)ccc1Nc1ncc(C(F)(F)F)c(-c2cc(C(=O)OC)cs2)n1. The van der Waals surface area contributed by atoms with E-state index in [1.54, 1.807) is 0 Å². The van der Waals surface area contributed by atoms with Gasteiger partial charge in [-0.3, -0.25) is 0 Å².